The van der Waals surface area contributed by atoms with E-state index in [-0.39, 0.29) is 24.1 Å². The Morgan fingerprint density at radius 1 is 0.889 bits per heavy atom. The molecule has 7 nitrogen and oxygen atoms in total. The van der Waals surface area contributed by atoms with E-state index in [9.17, 15) is 9.59 Å². The van der Waals surface area contributed by atoms with Crippen molar-refractivity contribution in [2.24, 2.45) is 0 Å². The Morgan fingerprint density at radius 2 is 1.56 bits per heavy atom. The van der Waals surface area contributed by atoms with Gasteiger partial charge >= 0.3 is 11.9 Å². The lowest BCUT2D eigenvalue weighted by molar-refractivity contribution is 0.00690. The molecule has 194 valence electrons. The van der Waals surface area contributed by atoms with Crippen LogP contribution in [0.4, 0.5) is 11.4 Å². The highest BCUT2D eigenvalue weighted by Crippen LogP contribution is 2.31. The number of carbonyl (C=O) groups is 2. The first-order valence-corrected chi connectivity index (χ1v) is 13.0. The molecule has 1 heterocycles. The molecular weight excluding hydrogens is 454 g/mol. The minimum Gasteiger partial charge on any atom is -0.459 e. The van der Waals surface area contributed by atoms with Gasteiger partial charge in [-0.2, -0.15) is 0 Å². The molecule has 4 rings (SSSR count). The van der Waals surface area contributed by atoms with Crippen LogP contribution >= 0.6 is 0 Å². The summed E-state index contributed by atoms with van der Waals surface area (Å²) in [6.45, 7) is 9.60. The standard InChI is InChI=1S/C29H39N3O4/c1-29(2,3)36-28(34)25-15-12-23(32-18-16-31(4)17-19-32)20-26(25)30-22-10-13-24(14-11-22)35-27(33)21-8-6-5-7-9-21/h5-9,12,15,20,22,24,30H,10-11,13-14,16-19H2,1-4H3. The number of likely N-dealkylation sites (N-methyl/N-ethyl adjacent to an activating group) is 1. The number of piperazine rings is 1. The largest absolute Gasteiger partial charge is 0.459 e. The number of hydrogen-bond acceptors (Lipinski definition) is 7. The quantitative estimate of drug-likeness (QED) is 0.570. The average molecular weight is 494 g/mol. The number of anilines is 2. The van der Waals surface area contributed by atoms with Gasteiger partial charge in [-0.25, -0.2) is 9.59 Å². The second kappa shape index (κ2) is 11.3. The van der Waals surface area contributed by atoms with Crippen LogP contribution in [0.5, 0.6) is 0 Å². The number of nitrogens with zero attached hydrogens (tertiary/aromatic N) is 2. The Bertz CT molecular complexity index is 1030. The van der Waals surface area contributed by atoms with E-state index in [1.807, 2.05) is 51.1 Å². The van der Waals surface area contributed by atoms with Gasteiger partial charge in [-0.1, -0.05) is 18.2 Å². The Kier molecular flexibility index (Phi) is 8.19. The molecule has 0 unspecified atom stereocenters. The third kappa shape index (κ3) is 7.00. The molecule has 1 aliphatic carbocycles. The van der Waals surface area contributed by atoms with Crippen molar-refractivity contribution in [1.29, 1.82) is 0 Å². The van der Waals surface area contributed by atoms with E-state index < -0.39 is 5.60 Å². The fourth-order valence-electron chi connectivity index (χ4n) is 4.76. The zero-order valence-corrected chi connectivity index (χ0v) is 22.0. The molecule has 7 heteroatoms. The topological polar surface area (TPSA) is 71.1 Å². The van der Waals surface area contributed by atoms with Gasteiger partial charge in [0.05, 0.1) is 16.8 Å². The number of benzene rings is 2. The molecule has 2 aromatic carbocycles. The smallest absolute Gasteiger partial charge is 0.340 e. The van der Waals surface area contributed by atoms with E-state index in [1.54, 1.807) is 12.1 Å². The van der Waals surface area contributed by atoms with Crippen LogP contribution in [0.1, 0.15) is 67.2 Å². The first kappa shape index (κ1) is 26.0. The lowest BCUT2D eigenvalue weighted by Crippen LogP contribution is -2.44. The number of nitrogens with one attached hydrogen (secondary N) is 1. The maximum atomic E-state index is 13.0. The molecule has 2 aliphatic rings. The third-order valence-corrected chi connectivity index (χ3v) is 6.81. The lowest BCUT2D eigenvalue weighted by Gasteiger charge is -2.35. The molecule has 0 bridgehead atoms. The molecule has 0 spiro atoms. The minimum absolute atomic E-state index is 0.0854. The molecular formula is C29H39N3O4. The Labute approximate surface area is 214 Å². The molecule has 1 aliphatic heterocycles. The monoisotopic (exact) mass is 493 g/mol. The molecule has 1 N–H and O–H groups in total. The highest BCUT2D eigenvalue weighted by molar-refractivity contribution is 5.97. The molecule has 2 fully saturated rings. The van der Waals surface area contributed by atoms with Crippen LogP contribution in [0.15, 0.2) is 48.5 Å². The predicted molar refractivity (Wildman–Crippen MR) is 143 cm³/mol. The van der Waals surface area contributed by atoms with E-state index >= 15 is 0 Å². The van der Waals surface area contributed by atoms with Crippen LogP contribution in [-0.4, -0.2) is 67.8 Å². The van der Waals surface area contributed by atoms with Crippen molar-refractivity contribution in [1.82, 2.24) is 4.90 Å². The highest BCUT2D eigenvalue weighted by atomic mass is 16.6. The van der Waals surface area contributed by atoms with Crippen LogP contribution in [-0.2, 0) is 9.47 Å². The number of esters is 2. The second-order valence-corrected chi connectivity index (χ2v) is 10.9. The normalized spacial score (nSPS) is 21.1. The molecule has 0 aromatic heterocycles. The van der Waals surface area contributed by atoms with E-state index in [0.717, 1.165) is 63.2 Å². The summed E-state index contributed by atoms with van der Waals surface area (Å²) in [5.74, 6) is -0.584. The zero-order chi connectivity index (χ0) is 25.7. The van der Waals surface area contributed by atoms with Gasteiger partial charge in [0.1, 0.15) is 11.7 Å². The van der Waals surface area contributed by atoms with Gasteiger partial charge in [-0.15, -0.1) is 0 Å². The van der Waals surface area contributed by atoms with E-state index in [4.69, 9.17) is 9.47 Å². The van der Waals surface area contributed by atoms with Crippen molar-refractivity contribution in [2.45, 2.75) is 64.2 Å². The van der Waals surface area contributed by atoms with E-state index in [2.05, 4.69) is 28.2 Å². The summed E-state index contributed by atoms with van der Waals surface area (Å²) < 4.78 is 11.4. The van der Waals surface area contributed by atoms with Gasteiger partial charge < -0.3 is 24.6 Å². The summed E-state index contributed by atoms with van der Waals surface area (Å²) in [7, 11) is 2.14. The Balaban J connectivity index is 1.43. The summed E-state index contributed by atoms with van der Waals surface area (Å²) in [6, 6.07) is 15.3. The summed E-state index contributed by atoms with van der Waals surface area (Å²) in [6.07, 6.45) is 3.21. The number of rotatable bonds is 6. The van der Waals surface area contributed by atoms with Gasteiger partial charge in [0.2, 0.25) is 0 Å². The molecule has 36 heavy (non-hydrogen) atoms. The first-order valence-electron chi connectivity index (χ1n) is 13.0. The van der Waals surface area contributed by atoms with Crippen molar-refractivity contribution >= 4 is 23.3 Å². The summed E-state index contributed by atoms with van der Waals surface area (Å²) in [5, 5.41) is 3.63. The Hall–Kier alpha value is -3.06. The summed E-state index contributed by atoms with van der Waals surface area (Å²) in [4.78, 5) is 30.1. The van der Waals surface area contributed by atoms with Crippen LogP contribution in [0.3, 0.4) is 0 Å². The fourth-order valence-corrected chi connectivity index (χ4v) is 4.76. The molecule has 1 saturated heterocycles. The van der Waals surface area contributed by atoms with Crippen LogP contribution < -0.4 is 10.2 Å². The first-order chi connectivity index (χ1) is 17.2. The maximum Gasteiger partial charge on any atom is 0.340 e. The molecule has 0 atom stereocenters. The third-order valence-electron chi connectivity index (χ3n) is 6.81. The molecule has 2 aromatic rings. The predicted octanol–water partition coefficient (Wildman–Crippen LogP) is 4.97. The number of hydrogen-bond donors (Lipinski definition) is 1. The lowest BCUT2D eigenvalue weighted by atomic mass is 9.92. The highest BCUT2D eigenvalue weighted by Gasteiger charge is 2.27. The zero-order valence-electron chi connectivity index (χ0n) is 22.0. The van der Waals surface area contributed by atoms with Gasteiger partial charge in [-0.05, 0) is 83.8 Å². The van der Waals surface area contributed by atoms with Gasteiger partial charge in [0.15, 0.2) is 0 Å². The summed E-state index contributed by atoms with van der Waals surface area (Å²) >= 11 is 0. The van der Waals surface area contributed by atoms with Crippen molar-refractivity contribution in [2.75, 3.05) is 43.4 Å². The van der Waals surface area contributed by atoms with Gasteiger partial charge in [-0.3, -0.25) is 0 Å². The number of ether oxygens (including phenoxy) is 2. The summed E-state index contributed by atoms with van der Waals surface area (Å²) in [5.41, 5.74) is 2.50. The molecule has 0 amide bonds. The van der Waals surface area contributed by atoms with Crippen molar-refractivity contribution in [3.63, 3.8) is 0 Å². The number of carbonyl (C=O) groups excluding carboxylic acids is 2. The van der Waals surface area contributed by atoms with E-state index in [1.165, 1.54) is 0 Å². The Morgan fingerprint density at radius 3 is 2.19 bits per heavy atom. The minimum atomic E-state index is -0.564. The van der Waals surface area contributed by atoms with Crippen molar-refractivity contribution < 1.29 is 19.1 Å². The van der Waals surface area contributed by atoms with Crippen LogP contribution in [0, 0.1) is 0 Å². The second-order valence-electron chi connectivity index (χ2n) is 10.9. The van der Waals surface area contributed by atoms with Crippen molar-refractivity contribution in [3.8, 4) is 0 Å². The van der Waals surface area contributed by atoms with Gasteiger partial charge in [0.25, 0.3) is 0 Å². The van der Waals surface area contributed by atoms with Gasteiger partial charge in [0, 0.05) is 37.9 Å². The maximum absolute atomic E-state index is 13.0. The molecule has 0 radical (unpaired) electrons. The fraction of sp³-hybridized carbons (Fsp3) is 0.517. The molecule has 1 saturated carbocycles. The van der Waals surface area contributed by atoms with Crippen LogP contribution in [0.25, 0.3) is 0 Å². The van der Waals surface area contributed by atoms with Crippen LogP contribution in [0.2, 0.25) is 0 Å². The van der Waals surface area contributed by atoms with E-state index in [0.29, 0.717) is 11.1 Å². The SMILES string of the molecule is CN1CCN(c2ccc(C(=O)OC(C)(C)C)c(NC3CCC(OC(=O)c4ccccc4)CC3)c2)CC1. The average Bonchev–Trinajstić information content (AvgIpc) is 2.85. The van der Waals surface area contributed by atoms with Crippen molar-refractivity contribution in [3.05, 3.63) is 59.7 Å².